The topological polar surface area (TPSA) is 185 Å². The number of benzene rings is 2. The van der Waals surface area contributed by atoms with E-state index in [4.69, 9.17) is 17.3 Å². The monoisotopic (exact) mass is 564 g/mol. The number of aromatic amines is 1. The molecule has 6 N–H and O–H groups in total. The van der Waals surface area contributed by atoms with Gasteiger partial charge < -0.3 is 26.2 Å². The number of nitrogens with one attached hydrogen (secondary N) is 2. The van der Waals surface area contributed by atoms with Crippen LogP contribution in [-0.4, -0.2) is 37.6 Å². The van der Waals surface area contributed by atoms with Crippen LogP contribution in [0.4, 0.5) is 5.69 Å². The van der Waals surface area contributed by atoms with Crippen LogP contribution in [0.5, 0.6) is 0 Å². The molecule has 0 radical (unpaired) electrons. The zero-order chi connectivity index (χ0) is 26.9. The highest BCUT2D eigenvalue weighted by Gasteiger charge is 2.28. The van der Waals surface area contributed by atoms with E-state index in [-0.39, 0.29) is 38.2 Å². The summed E-state index contributed by atoms with van der Waals surface area (Å²) in [7, 11) is 0. The van der Waals surface area contributed by atoms with Gasteiger partial charge in [-0.2, -0.15) is 0 Å². The fraction of sp³-hybridized carbons (Fsp3) is 0.320. The number of aromatic nitrogens is 2. The molecule has 0 bridgehead atoms. The van der Waals surface area contributed by atoms with Crippen LogP contribution in [0.2, 0.25) is 5.02 Å². The Morgan fingerprint density at radius 1 is 1.16 bits per heavy atom. The summed E-state index contributed by atoms with van der Waals surface area (Å²) in [5, 5.41) is 21.6. The zero-order valence-corrected chi connectivity index (χ0v) is 21.6. The maximum Gasteiger partial charge on any atom is 0.317 e. The maximum absolute atomic E-state index is 13.1. The molecule has 0 saturated heterocycles. The third-order valence-electron chi connectivity index (χ3n) is 6.57. The molecule has 0 saturated carbocycles. The van der Waals surface area contributed by atoms with Crippen molar-refractivity contribution in [2.75, 3.05) is 5.32 Å². The molecule has 202 valence electrons. The molecule has 1 aliphatic heterocycles. The van der Waals surface area contributed by atoms with Gasteiger partial charge in [-0.15, -0.1) is 12.4 Å². The first-order valence-corrected chi connectivity index (χ1v) is 12.0. The van der Waals surface area contributed by atoms with Gasteiger partial charge in [-0.1, -0.05) is 23.7 Å². The lowest BCUT2D eigenvalue weighted by Gasteiger charge is -2.27. The third kappa shape index (κ3) is 5.90. The summed E-state index contributed by atoms with van der Waals surface area (Å²) in [4.78, 5) is 63.2. The van der Waals surface area contributed by atoms with Crippen LogP contribution in [0.1, 0.15) is 42.0 Å². The molecule has 2 aromatic carbocycles. The van der Waals surface area contributed by atoms with E-state index in [9.17, 15) is 34.2 Å². The van der Waals surface area contributed by atoms with Crippen LogP contribution < -0.4 is 22.2 Å². The highest BCUT2D eigenvalue weighted by molar-refractivity contribution is 6.31. The number of carboxylic acid groups (broad SMARTS) is 2. The predicted molar refractivity (Wildman–Crippen MR) is 143 cm³/mol. The quantitative estimate of drug-likeness (QED) is 0.193. The second-order valence-electron chi connectivity index (χ2n) is 9.00. The van der Waals surface area contributed by atoms with Crippen molar-refractivity contribution in [1.82, 2.24) is 9.55 Å². The first-order valence-electron chi connectivity index (χ1n) is 11.6. The molecule has 0 aliphatic carbocycles. The number of carbonyl (C=O) groups excluding carboxylic acids is 1. The van der Waals surface area contributed by atoms with E-state index in [0.717, 1.165) is 11.1 Å². The molecule has 13 heteroatoms. The maximum atomic E-state index is 13.1. The van der Waals surface area contributed by atoms with Crippen LogP contribution in [0.3, 0.4) is 0 Å². The molecular weight excluding hydrogens is 539 g/mol. The van der Waals surface area contributed by atoms with E-state index >= 15 is 0 Å². The lowest BCUT2D eigenvalue weighted by Crippen LogP contribution is -2.41. The van der Waals surface area contributed by atoms with Gasteiger partial charge in [-0.05, 0) is 60.6 Å². The molecule has 38 heavy (non-hydrogen) atoms. The average molecular weight is 565 g/mol. The molecule has 0 unspecified atom stereocenters. The normalized spacial score (nSPS) is 14.2. The Morgan fingerprint density at radius 3 is 2.53 bits per heavy atom. The average Bonchev–Trinajstić information content (AvgIpc) is 2.83. The molecule has 0 spiro atoms. The molecular formula is C25H26Cl2N4O7. The lowest BCUT2D eigenvalue weighted by molar-refractivity contribution is -0.154. The Hall–Kier alpha value is -3.67. The molecule has 2 heterocycles. The number of H-pyrrole nitrogens is 1. The number of amides is 1. The summed E-state index contributed by atoms with van der Waals surface area (Å²) in [6.45, 7) is 0.204. The van der Waals surface area contributed by atoms with Gasteiger partial charge in [0.1, 0.15) is 0 Å². The Morgan fingerprint density at radius 2 is 1.87 bits per heavy atom. The largest absolute Gasteiger partial charge is 0.481 e. The molecule has 1 aromatic heterocycles. The van der Waals surface area contributed by atoms with E-state index in [1.54, 1.807) is 30.3 Å². The zero-order valence-electron chi connectivity index (χ0n) is 20.0. The molecule has 1 atom stereocenters. The number of nitrogens with two attached hydrogens (primary N) is 1. The minimum absolute atomic E-state index is 0. The highest BCUT2D eigenvalue weighted by Crippen LogP contribution is 2.32. The molecule has 0 fully saturated rings. The van der Waals surface area contributed by atoms with Gasteiger partial charge in [0.25, 0.3) is 0 Å². The molecule has 11 nitrogen and oxygen atoms in total. The van der Waals surface area contributed by atoms with Gasteiger partial charge >= 0.3 is 23.1 Å². The number of aryl methyl sites for hydroxylation is 2. The summed E-state index contributed by atoms with van der Waals surface area (Å²) in [5.41, 5.74) is 7.59. The van der Waals surface area contributed by atoms with Crippen LogP contribution in [0.15, 0.2) is 39.9 Å². The lowest BCUT2D eigenvalue weighted by atomic mass is 9.95. The second-order valence-corrected chi connectivity index (χ2v) is 9.43. The number of carboxylic acids is 2. The number of carbonyl (C=O) groups is 3. The van der Waals surface area contributed by atoms with Crippen molar-refractivity contribution in [3.63, 3.8) is 0 Å². The van der Waals surface area contributed by atoms with E-state index in [0.29, 0.717) is 40.1 Å². The van der Waals surface area contributed by atoms with Gasteiger partial charge in [0, 0.05) is 29.7 Å². The van der Waals surface area contributed by atoms with Crippen molar-refractivity contribution >= 4 is 58.6 Å². The van der Waals surface area contributed by atoms with Gasteiger partial charge in [-0.25, -0.2) is 0 Å². The van der Waals surface area contributed by atoms with Gasteiger partial charge in [-0.3, -0.25) is 28.5 Å². The summed E-state index contributed by atoms with van der Waals surface area (Å²) >= 11 is 6.15. The molecule has 1 aliphatic rings. The second kappa shape index (κ2) is 11.8. The van der Waals surface area contributed by atoms with Gasteiger partial charge in [0.05, 0.1) is 11.0 Å². The standard InChI is InChI=1S/C25H25ClN4O7.ClH/c26-15-8-14-2-4-16(30-21(14)19(9-15)29-22(32)23(30)33)10-20(31)28-18-6-1-12(11-27)7-13(18)3-5-17(24(34)35)25(36)37;/h1,6-9,16-17H,2-5,10-11,27H2,(H,28,31)(H,29,32)(H,34,35)(H,36,37);1H/t16-;/m0./s1. The minimum Gasteiger partial charge on any atom is -0.481 e. The Labute approximate surface area is 227 Å². The van der Waals surface area contributed by atoms with E-state index in [1.165, 1.54) is 4.57 Å². The summed E-state index contributed by atoms with van der Waals surface area (Å²) in [5.74, 6) is -4.90. The van der Waals surface area contributed by atoms with E-state index in [2.05, 4.69) is 10.3 Å². The Bertz CT molecular complexity index is 1520. The number of halogens is 2. The van der Waals surface area contributed by atoms with Crippen LogP contribution >= 0.6 is 24.0 Å². The van der Waals surface area contributed by atoms with Crippen molar-refractivity contribution in [3.05, 3.63) is 72.8 Å². The van der Waals surface area contributed by atoms with Crippen molar-refractivity contribution in [3.8, 4) is 0 Å². The number of hydrogen-bond acceptors (Lipinski definition) is 6. The third-order valence-corrected chi connectivity index (χ3v) is 6.79. The van der Waals surface area contributed by atoms with Crippen LogP contribution in [0, 0.1) is 5.92 Å². The highest BCUT2D eigenvalue weighted by atomic mass is 35.5. The first kappa shape index (κ1) is 28.9. The number of rotatable bonds is 9. The molecule has 1 amide bonds. The summed E-state index contributed by atoms with van der Waals surface area (Å²) in [6.07, 6.45) is 0.813. The SMILES string of the molecule is Cl.NCc1ccc(NC(=O)C[C@@H]2CCc3cc(Cl)cc4[nH]c(=O)c(=O)n2c34)c(CCC(C(=O)O)C(=O)O)c1. The van der Waals surface area contributed by atoms with Crippen molar-refractivity contribution < 1.29 is 24.6 Å². The number of hydrogen-bond donors (Lipinski definition) is 5. The predicted octanol–water partition coefficient (Wildman–Crippen LogP) is 2.46. The molecule has 3 aromatic rings. The van der Waals surface area contributed by atoms with Crippen molar-refractivity contribution in [2.45, 2.75) is 44.7 Å². The van der Waals surface area contributed by atoms with E-state index in [1.807, 2.05) is 0 Å². The van der Waals surface area contributed by atoms with E-state index < -0.39 is 40.9 Å². The Balaban J connectivity index is 0.00000400. The van der Waals surface area contributed by atoms with Gasteiger partial charge in [0.15, 0.2) is 5.92 Å². The summed E-state index contributed by atoms with van der Waals surface area (Å²) in [6, 6.07) is 7.76. The first-order chi connectivity index (χ1) is 17.6. The van der Waals surface area contributed by atoms with Crippen LogP contribution in [-0.2, 0) is 33.8 Å². The fourth-order valence-corrected chi connectivity index (χ4v) is 5.02. The van der Waals surface area contributed by atoms with Crippen molar-refractivity contribution in [1.29, 1.82) is 0 Å². The number of nitrogens with zero attached hydrogens (tertiary/aromatic N) is 1. The Kier molecular flexibility index (Phi) is 8.97. The fourth-order valence-electron chi connectivity index (χ4n) is 4.78. The van der Waals surface area contributed by atoms with Gasteiger partial charge in [0.2, 0.25) is 5.91 Å². The number of aliphatic carboxylic acids is 2. The number of anilines is 1. The minimum atomic E-state index is -1.59. The van der Waals surface area contributed by atoms with Crippen LogP contribution in [0.25, 0.3) is 11.0 Å². The summed E-state index contributed by atoms with van der Waals surface area (Å²) < 4.78 is 1.35. The smallest absolute Gasteiger partial charge is 0.317 e. The van der Waals surface area contributed by atoms with Crippen molar-refractivity contribution in [2.24, 2.45) is 11.7 Å². The molecule has 4 rings (SSSR count).